The first-order valence-corrected chi connectivity index (χ1v) is 15.8. The first kappa shape index (κ1) is 34.0. The number of amides is 1. The van der Waals surface area contributed by atoms with E-state index < -0.39 is 77.8 Å². The number of nitrogens with one attached hydrogen (secondary N) is 1. The van der Waals surface area contributed by atoms with Crippen LogP contribution in [0.15, 0.2) is 0 Å². The molecular formula is C30H43NO12S. The molecule has 1 heterocycles. The van der Waals surface area contributed by atoms with Gasteiger partial charge in [-0.05, 0) is 56.3 Å². The second-order valence-corrected chi connectivity index (χ2v) is 14.4. The summed E-state index contributed by atoms with van der Waals surface area (Å²) in [7, 11) is 1.23. The Morgan fingerprint density at radius 3 is 1.84 bits per heavy atom. The Morgan fingerprint density at radius 2 is 1.39 bits per heavy atom. The van der Waals surface area contributed by atoms with E-state index in [0.29, 0.717) is 17.8 Å². The number of hydrogen-bond donors (Lipinski definition) is 1. The van der Waals surface area contributed by atoms with Crippen LogP contribution < -0.4 is 5.32 Å². The van der Waals surface area contributed by atoms with Crippen LogP contribution in [0.4, 0.5) is 0 Å². The Kier molecular flexibility index (Phi) is 10.5. The number of hydrogen-bond acceptors (Lipinski definition) is 13. The van der Waals surface area contributed by atoms with E-state index in [0.717, 1.165) is 59.3 Å². The second-order valence-electron chi connectivity index (χ2n) is 12.6. The topological polar surface area (TPSA) is 170 Å². The molecule has 1 aliphatic heterocycles. The van der Waals surface area contributed by atoms with E-state index in [1.54, 1.807) is 0 Å². The van der Waals surface area contributed by atoms with Crippen LogP contribution in [0.1, 0.15) is 79.6 Å². The molecule has 14 heteroatoms. The molecule has 13 nitrogen and oxygen atoms in total. The molecule has 44 heavy (non-hydrogen) atoms. The lowest BCUT2D eigenvalue weighted by molar-refractivity contribution is -0.224. The van der Waals surface area contributed by atoms with Crippen molar-refractivity contribution >= 4 is 47.5 Å². The minimum absolute atomic E-state index is 0.165. The highest BCUT2D eigenvalue weighted by atomic mass is 32.2. The molecule has 0 radical (unpaired) electrons. The smallest absolute Gasteiger partial charge is 0.349 e. The molecule has 0 aromatic rings. The summed E-state index contributed by atoms with van der Waals surface area (Å²) in [5, 5.41) is 2.73. The molecule has 6 atom stereocenters. The highest BCUT2D eigenvalue weighted by Gasteiger charge is 2.63. The van der Waals surface area contributed by atoms with E-state index in [1.165, 1.54) is 32.7 Å². The lowest BCUT2D eigenvalue weighted by Gasteiger charge is -2.59. The average Bonchev–Trinajstić information content (AvgIpc) is 2.88. The monoisotopic (exact) mass is 641 g/mol. The number of rotatable bonds is 11. The number of methoxy groups -OCH3 is 1. The molecule has 0 aromatic carbocycles. The first-order valence-electron chi connectivity index (χ1n) is 15.0. The highest BCUT2D eigenvalue weighted by molar-refractivity contribution is 8.02. The van der Waals surface area contributed by atoms with E-state index >= 15 is 0 Å². The number of carbonyl (C=O) groups excluding carboxylic acids is 6. The van der Waals surface area contributed by atoms with Gasteiger partial charge < -0.3 is 33.7 Å². The highest BCUT2D eigenvalue weighted by Crippen LogP contribution is 2.64. The van der Waals surface area contributed by atoms with E-state index in [2.05, 4.69) is 5.32 Å². The quantitative estimate of drug-likeness (QED) is 0.258. The molecule has 4 bridgehead atoms. The molecule has 5 fully saturated rings. The van der Waals surface area contributed by atoms with Gasteiger partial charge in [0.1, 0.15) is 18.8 Å². The maximum atomic E-state index is 13.9. The third-order valence-electron chi connectivity index (χ3n) is 8.86. The van der Waals surface area contributed by atoms with Gasteiger partial charge in [-0.1, -0.05) is 0 Å². The number of ether oxygens (including phenoxy) is 6. The molecule has 5 aliphatic rings. The van der Waals surface area contributed by atoms with Crippen LogP contribution in [0.2, 0.25) is 0 Å². The van der Waals surface area contributed by atoms with Crippen molar-refractivity contribution in [2.24, 2.45) is 17.8 Å². The summed E-state index contributed by atoms with van der Waals surface area (Å²) in [5.74, 6) is -2.59. The van der Waals surface area contributed by atoms with Gasteiger partial charge in [0.05, 0.1) is 13.2 Å². The van der Waals surface area contributed by atoms with Gasteiger partial charge >= 0.3 is 29.8 Å². The van der Waals surface area contributed by atoms with Gasteiger partial charge in [-0.25, -0.2) is 4.79 Å². The number of esters is 5. The van der Waals surface area contributed by atoms with Crippen LogP contribution in [0.5, 0.6) is 0 Å². The van der Waals surface area contributed by atoms with Gasteiger partial charge in [0.2, 0.25) is 10.8 Å². The van der Waals surface area contributed by atoms with E-state index in [9.17, 15) is 28.8 Å². The average molecular weight is 642 g/mol. The zero-order valence-corrected chi connectivity index (χ0v) is 26.9. The van der Waals surface area contributed by atoms with Gasteiger partial charge in [-0.15, -0.1) is 11.8 Å². The Balaban J connectivity index is 1.83. The maximum absolute atomic E-state index is 13.9. The standard InChI is InChI=1S/C30H43NO12S/c1-15(32)31-25-23(40-17(3)34)13-30(28(37)38-6,44-29-10-20-7-21(11-29)9-22(8-20)12-29)43-27(25)26(42-19(5)36)24(41-18(4)35)14-39-16(2)33/h20-27H,7-14H2,1-6H3,(H,31,32)/t20?,21?,22?,23-,24+,25+,26+,27+,29?,30+/m0/s1. The fraction of sp³-hybridized carbons (Fsp3) is 0.800. The molecule has 1 amide bonds. The summed E-state index contributed by atoms with van der Waals surface area (Å²) in [6, 6.07) is -1.16. The molecular weight excluding hydrogens is 598 g/mol. The lowest BCUT2D eigenvalue weighted by atomic mass is 9.56. The molecule has 1 N–H and O–H groups in total. The number of carbonyl (C=O) groups is 6. The Bertz CT molecular complexity index is 1120. The van der Waals surface area contributed by atoms with Crippen molar-refractivity contribution in [1.82, 2.24) is 5.32 Å². The normalized spacial score (nSPS) is 35.0. The van der Waals surface area contributed by atoms with Crippen molar-refractivity contribution in [2.75, 3.05) is 13.7 Å². The Labute approximate surface area is 261 Å². The molecule has 4 saturated carbocycles. The zero-order chi connectivity index (χ0) is 32.4. The fourth-order valence-corrected chi connectivity index (χ4v) is 10.2. The van der Waals surface area contributed by atoms with E-state index in [1.807, 2.05) is 0 Å². The van der Waals surface area contributed by atoms with E-state index in [4.69, 9.17) is 28.4 Å². The van der Waals surface area contributed by atoms with Crippen LogP contribution in [-0.4, -0.2) is 89.6 Å². The molecule has 1 saturated heterocycles. The van der Waals surface area contributed by atoms with Crippen LogP contribution in [0, 0.1) is 17.8 Å². The minimum Gasteiger partial charge on any atom is -0.466 e. The molecule has 5 rings (SSSR count). The van der Waals surface area contributed by atoms with E-state index in [-0.39, 0.29) is 11.2 Å². The minimum atomic E-state index is -1.75. The van der Waals surface area contributed by atoms with Gasteiger partial charge in [-0.2, -0.15) is 0 Å². The van der Waals surface area contributed by atoms with Gasteiger partial charge in [0, 0.05) is 45.8 Å². The third-order valence-corrected chi connectivity index (χ3v) is 10.6. The predicted octanol–water partition coefficient (Wildman–Crippen LogP) is 2.21. The van der Waals surface area contributed by atoms with Crippen molar-refractivity contribution in [2.45, 2.75) is 120 Å². The van der Waals surface area contributed by atoms with Crippen molar-refractivity contribution in [3.63, 3.8) is 0 Å². The first-order chi connectivity index (χ1) is 20.6. The van der Waals surface area contributed by atoms with Crippen molar-refractivity contribution < 1.29 is 57.2 Å². The molecule has 0 spiro atoms. The molecule has 0 aromatic heterocycles. The number of thioether (sulfide) groups is 1. The lowest BCUT2D eigenvalue weighted by Crippen LogP contribution is -2.68. The zero-order valence-electron chi connectivity index (χ0n) is 26.1. The van der Waals surface area contributed by atoms with Gasteiger partial charge in [-0.3, -0.25) is 24.0 Å². The third kappa shape index (κ3) is 7.85. The summed E-state index contributed by atoms with van der Waals surface area (Å²) in [5.41, 5.74) is 0. The SMILES string of the molecule is COC(=O)[C@]1(SC23CC4CC(CC(C4)C2)C3)C[C@H](OC(C)=O)[C@@H](NC(C)=O)[C@H]([C@H](OC(C)=O)[C@@H](COC(C)=O)OC(C)=O)O1. The summed E-state index contributed by atoms with van der Waals surface area (Å²) in [4.78, 5) is 73.4. The molecule has 246 valence electrons. The molecule has 0 unspecified atom stereocenters. The maximum Gasteiger partial charge on any atom is 0.349 e. The summed E-state index contributed by atoms with van der Waals surface area (Å²) >= 11 is 1.36. The Hall–Kier alpha value is -2.87. The molecule has 4 aliphatic carbocycles. The van der Waals surface area contributed by atoms with Crippen LogP contribution in [0.3, 0.4) is 0 Å². The van der Waals surface area contributed by atoms with Crippen LogP contribution in [0.25, 0.3) is 0 Å². The fourth-order valence-electron chi connectivity index (χ4n) is 8.01. The summed E-state index contributed by atoms with van der Waals surface area (Å²) in [6.45, 7) is 5.34. The van der Waals surface area contributed by atoms with Crippen molar-refractivity contribution in [3.8, 4) is 0 Å². The summed E-state index contributed by atoms with van der Waals surface area (Å²) in [6.07, 6.45) is 0.505. The Morgan fingerprint density at radius 1 is 0.818 bits per heavy atom. The van der Waals surface area contributed by atoms with Crippen molar-refractivity contribution in [1.29, 1.82) is 0 Å². The van der Waals surface area contributed by atoms with Gasteiger partial charge in [0.25, 0.3) is 0 Å². The van der Waals surface area contributed by atoms with Crippen LogP contribution >= 0.6 is 11.8 Å². The van der Waals surface area contributed by atoms with Crippen molar-refractivity contribution in [3.05, 3.63) is 0 Å². The summed E-state index contributed by atoms with van der Waals surface area (Å²) < 4.78 is 33.7. The van der Waals surface area contributed by atoms with Gasteiger partial charge in [0.15, 0.2) is 12.2 Å². The van der Waals surface area contributed by atoms with Crippen LogP contribution in [-0.2, 0) is 57.2 Å². The largest absolute Gasteiger partial charge is 0.466 e. The second kappa shape index (κ2) is 13.6. The predicted molar refractivity (Wildman–Crippen MR) is 154 cm³/mol.